The molecule has 2 aliphatic rings. The van der Waals surface area contributed by atoms with E-state index in [4.69, 9.17) is 0 Å². The summed E-state index contributed by atoms with van der Waals surface area (Å²) in [5.74, 6) is -1.15. The van der Waals surface area contributed by atoms with Crippen LogP contribution in [-0.4, -0.2) is 59.6 Å². The fourth-order valence-electron chi connectivity index (χ4n) is 4.74. The van der Waals surface area contributed by atoms with E-state index in [0.717, 1.165) is 16.0 Å². The van der Waals surface area contributed by atoms with Crippen LogP contribution < -0.4 is 5.32 Å². The molecule has 0 bridgehead atoms. The van der Waals surface area contributed by atoms with Crippen LogP contribution >= 0.6 is 0 Å². The molecular weight excluding hydrogens is 406 g/mol. The van der Waals surface area contributed by atoms with E-state index in [1.807, 2.05) is 61.5 Å². The van der Waals surface area contributed by atoms with Crippen LogP contribution in [0.4, 0.5) is 0 Å². The minimum atomic E-state index is -1.26. The molecule has 2 heterocycles. The Kier molecular flexibility index (Phi) is 5.82. The van der Waals surface area contributed by atoms with Gasteiger partial charge in [0.25, 0.3) is 0 Å². The van der Waals surface area contributed by atoms with Crippen molar-refractivity contribution < 1.29 is 19.2 Å². The molecule has 2 fully saturated rings. The summed E-state index contributed by atoms with van der Waals surface area (Å²) in [4.78, 5) is 54.0. The quantitative estimate of drug-likeness (QED) is 0.732. The van der Waals surface area contributed by atoms with Gasteiger partial charge in [-0.15, -0.1) is 0 Å². The molecular formula is C25H27N3O4. The molecule has 2 aliphatic heterocycles. The van der Waals surface area contributed by atoms with E-state index >= 15 is 0 Å². The Bertz CT molecular complexity index is 1050. The minimum Gasteiger partial charge on any atom is -0.353 e. The van der Waals surface area contributed by atoms with Gasteiger partial charge in [0.1, 0.15) is 6.04 Å². The van der Waals surface area contributed by atoms with E-state index in [1.54, 1.807) is 4.90 Å². The van der Waals surface area contributed by atoms with Crippen LogP contribution in [0.5, 0.6) is 0 Å². The second-order valence-corrected chi connectivity index (χ2v) is 8.44. The Morgan fingerprint density at radius 1 is 1.03 bits per heavy atom. The molecule has 0 unspecified atom stereocenters. The maximum atomic E-state index is 13.4. The normalized spacial score (nSPS) is 23.4. The second kappa shape index (κ2) is 8.57. The van der Waals surface area contributed by atoms with Gasteiger partial charge in [-0.2, -0.15) is 0 Å². The number of carbonyl (C=O) groups is 4. The second-order valence-electron chi connectivity index (χ2n) is 8.44. The Morgan fingerprint density at radius 2 is 1.69 bits per heavy atom. The van der Waals surface area contributed by atoms with Gasteiger partial charge in [-0.25, -0.2) is 0 Å². The van der Waals surface area contributed by atoms with Gasteiger partial charge >= 0.3 is 0 Å². The van der Waals surface area contributed by atoms with Crippen molar-refractivity contribution in [3.8, 4) is 11.1 Å². The first-order valence-electron chi connectivity index (χ1n) is 10.9. The molecule has 0 radical (unpaired) electrons. The molecule has 4 rings (SSSR count). The Morgan fingerprint density at radius 3 is 2.28 bits per heavy atom. The number of nitrogens with zero attached hydrogens (tertiary/aromatic N) is 2. The zero-order valence-electron chi connectivity index (χ0n) is 18.3. The molecule has 4 amide bonds. The van der Waals surface area contributed by atoms with Crippen molar-refractivity contribution in [1.29, 1.82) is 0 Å². The van der Waals surface area contributed by atoms with Crippen LogP contribution in [0.15, 0.2) is 54.6 Å². The summed E-state index contributed by atoms with van der Waals surface area (Å²) in [5.41, 5.74) is 1.41. The zero-order chi connectivity index (χ0) is 22.9. The Labute approximate surface area is 187 Å². The number of rotatable bonds is 5. The molecule has 7 heteroatoms. The summed E-state index contributed by atoms with van der Waals surface area (Å²) in [7, 11) is 1.46. The average molecular weight is 434 g/mol. The number of carbonyl (C=O) groups excluding carboxylic acids is 4. The number of amides is 4. The lowest BCUT2D eigenvalue weighted by Gasteiger charge is -2.37. The highest BCUT2D eigenvalue weighted by molar-refractivity contribution is 6.10. The van der Waals surface area contributed by atoms with Crippen molar-refractivity contribution in [2.45, 2.75) is 37.6 Å². The van der Waals surface area contributed by atoms with Crippen molar-refractivity contribution >= 4 is 23.6 Å². The predicted octanol–water partition coefficient (Wildman–Crippen LogP) is 2.11. The standard InChI is InChI=1S/C25H27N3O4/c1-3-20-23(31)26-13-14-28(20)22(30)16-25(15-21(29)27(2)24(25)32)19-11-9-18(10-12-19)17-7-5-4-6-8-17/h4-12,20H,3,13-16H2,1-2H3,(H,26,31)/t20-,25-/m1/s1. The zero-order valence-corrected chi connectivity index (χ0v) is 18.3. The molecule has 0 saturated carbocycles. The van der Waals surface area contributed by atoms with Gasteiger partial charge in [-0.05, 0) is 23.1 Å². The number of benzene rings is 2. The summed E-state index contributed by atoms with van der Waals surface area (Å²) >= 11 is 0. The smallest absolute Gasteiger partial charge is 0.242 e. The van der Waals surface area contributed by atoms with Crippen LogP contribution in [0, 0.1) is 0 Å². The first-order chi connectivity index (χ1) is 15.4. The summed E-state index contributed by atoms with van der Waals surface area (Å²) < 4.78 is 0. The van der Waals surface area contributed by atoms with Gasteiger partial charge in [-0.1, -0.05) is 61.5 Å². The fraction of sp³-hybridized carbons (Fsp3) is 0.360. The number of piperazine rings is 1. The first kappa shape index (κ1) is 21.7. The number of imide groups is 1. The van der Waals surface area contributed by atoms with Gasteiger partial charge in [-0.3, -0.25) is 24.1 Å². The Balaban J connectivity index is 1.68. The molecule has 32 heavy (non-hydrogen) atoms. The largest absolute Gasteiger partial charge is 0.353 e. The van der Waals surface area contributed by atoms with Crippen LogP contribution in [0.1, 0.15) is 31.7 Å². The third-order valence-electron chi connectivity index (χ3n) is 6.58. The number of likely N-dealkylation sites (tertiary alicyclic amines) is 1. The SMILES string of the molecule is CC[C@@H]1C(=O)NCCN1C(=O)C[C@@]1(c2ccc(-c3ccccc3)cc2)CC(=O)N(C)C1=O. The summed E-state index contributed by atoms with van der Waals surface area (Å²) in [6.07, 6.45) is 0.287. The maximum absolute atomic E-state index is 13.4. The van der Waals surface area contributed by atoms with Crippen molar-refractivity contribution in [2.75, 3.05) is 20.1 Å². The van der Waals surface area contributed by atoms with Crippen LogP contribution in [0.25, 0.3) is 11.1 Å². The topological polar surface area (TPSA) is 86.8 Å². The first-order valence-corrected chi connectivity index (χ1v) is 10.9. The monoisotopic (exact) mass is 433 g/mol. The number of hydrogen-bond donors (Lipinski definition) is 1. The summed E-state index contributed by atoms with van der Waals surface area (Å²) in [5, 5.41) is 2.79. The molecule has 2 aromatic carbocycles. The summed E-state index contributed by atoms with van der Waals surface area (Å²) in [6, 6.07) is 16.8. The van der Waals surface area contributed by atoms with E-state index in [0.29, 0.717) is 25.1 Å². The predicted molar refractivity (Wildman–Crippen MR) is 119 cm³/mol. The van der Waals surface area contributed by atoms with Crippen molar-refractivity contribution in [3.05, 3.63) is 60.2 Å². The highest BCUT2D eigenvalue weighted by Crippen LogP contribution is 2.40. The minimum absolute atomic E-state index is 0.0599. The molecule has 2 saturated heterocycles. The van der Waals surface area contributed by atoms with E-state index in [1.165, 1.54) is 7.05 Å². The number of nitrogens with one attached hydrogen (secondary N) is 1. The lowest BCUT2D eigenvalue weighted by Crippen LogP contribution is -2.58. The Hall–Kier alpha value is -3.48. The molecule has 0 aliphatic carbocycles. The van der Waals surface area contributed by atoms with E-state index in [2.05, 4.69) is 5.32 Å². The number of likely N-dealkylation sites (N-methyl/N-ethyl adjacent to an activating group) is 1. The highest BCUT2D eigenvalue weighted by atomic mass is 16.2. The summed E-state index contributed by atoms with van der Waals surface area (Å²) in [6.45, 7) is 2.63. The van der Waals surface area contributed by atoms with E-state index < -0.39 is 11.5 Å². The molecule has 2 atom stereocenters. The lowest BCUT2D eigenvalue weighted by molar-refractivity contribution is -0.146. The van der Waals surface area contributed by atoms with Gasteiger partial charge in [0.2, 0.25) is 23.6 Å². The fourth-order valence-corrected chi connectivity index (χ4v) is 4.74. The van der Waals surface area contributed by atoms with Crippen molar-refractivity contribution in [1.82, 2.24) is 15.1 Å². The third kappa shape index (κ3) is 3.68. The molecule has 7 nitrogen and oxygen atoms in total. The highest BCUT2D eigenvalue weighted by Gasteiger charge is 2.53. The maximum Gasteiger partial charge on any atom is 0.242 e. The average Bonchev–Trinajstić information content (AvgIpc) is 3.03. The van der Waals surface area contributed by atoms with Crippen molar-refractivity contribution in [2.24, 2.45) is 0 Å². The lowest BCUT2D eigenvalue weighted by atomic mass is 9.75. The molecule has 2 aromatic rings. The molecule has 0 aromatic heterocycles. The van der Waals surface area contributed by atoms with E-state index in [9.17, 15) is 19.2 Å². The van der Waals surface area contributed by atoms with Crippen LogP contribution in [0.2, 0.25) is 0 Å². The van der Waals surface area contributed by atoms with Gasteiger partial charge < -0.3 is 10.2 Å². The molecule has 0 spiro atoms. The molecule has 166 valence electrons. The van der Waals surface area contributed by atoms with Gasteiger partial charge in [0.05, 0.1) is 5.41 Å². The van der Waals surface area contributed by atoms with Crippen LogP contribution in [-0.2, 0) is 24.6 Å². The van der Waals surface area contributed by atoms with Gasteiger partial charge in [0, 0.05) is 33.0 Å². The van der Waals surface area contributed by atoms with E-state index in [-0.39, 0.29) is 36.5 Å². The number of hydrogen-bond acceptors (Lipinski definition) is 4. The third-order valence-corrected chi connectivity index (χ3v) is 6.58. The van der Waals surface area contributed by atoms with Crippen molar-refractivity contribution in [3.63, 3.8) is 0 Å². The molecule has 1 N–H and O–H groups in total. The van der Waals surface area contributed by atoms with Gasteiger partial charge in [0.15, 0.2) is 0 Å². The van der Waals surface area contributed by atoms with Crippen LogP contribution in [0.3, 0.4) is 0 Å².